The normalized spacial score (nSPS) is 30.3. The summed E-state index contributed by atoms with van der Waals surface area (Å²) >= 11 is 6.21. The first-order valence-electron chi connectivity index (χ1n) is 5.74. The van der Waals surface area contributed by atoms with Crippen molar-refractivity contribution in [3.8, 4) is 0 Å². The molecule has 2 nitrogen and oxygen atoms in total. The topological polar surface area (TPSA) is 29.1 Å². The molecular formula is C12H22ClNO. The molecule has 0 aromatic carbocycles. The van der Waals surface area contributed by atoms with Crippen LogP contribution in [0.5, 0.6) is 0 Å². The number of carbonyl (C=O) groups is 1. The van der Waals surface area contributed by atoms with Crippen LogP contribution in [0.3, 0.4) is 0 Å². The molecule has 1 aliphatic rings. The van der Waals surface area contributed by atoms with Gasteiger partial charge in [0.2, 0.25) is 5.91 Å². The average molecular weight is 232 g/mol. The predicted molar refractivity (Wildman–Crippen MR) is 64.0 cm³/mol. The number of hydrogen-bond acceptors (Lipinski definition) is 1. The highest BCUT2D eigenvalue weighted by atomic mass is 35.5. The zero-order valence-corrected chi connectivity index (χ0v) is 10.9. The van der Waals surface area contributed by atoms with Gasteiger partial charge in [0.1, 0.15) is 0 Å². The first-order valence-corrected chi connectivity index (χ1v) is 6.18. The van der Waals surface area contributed by atoms with Crippen molar-refractivity contribution in [1.82, 2.24) is 5.32 Å². The minimum Gasteiger partial charge on any atom is -0.353 e. The van der Waals surface area contributed by atoms with Gasteiger partial charge in [-0.2, -0.15) is 0 Å². The van der Waals surface area contributed by atoms with Crippen molar-refractivity contribution in [3.05, 3.63) is 0 Å². The summed E-state index contributed by atoms with van der Waals surface area (Å²) in [6.07, 6.45) is 2.99. The van der Waals surface area contributed by atoms with Crippen LogP contribution >= 0.6 is 11.6 Å². The molecule has 0 heterocycles. The van der Waals surface area contributed by atoms with Crippen LogP contribution in [0.25, 0.3) is 0 Å². The number of halogens is 1. The van der Waals surface area contributed by atoms with Crippen LogP contribution < -0.4 is 5.32 Å². The Kier molecular flexibility index (Phi) is 4.05. The van der Waals surface area contributed by atoms with Gasteiger partial charge in [0.15, 0.2) is 0 Å². The molecule has 1 fully saturated rings. The van der Waals surface area contributed by atoms with E-state index < -0.39 is 0 Å². The summed E-state index contributed by atoms with van der Waals surface area (Å²) < 4.78 is 0. The number of carbonyl (C=O) groups excluding carboxylic acids is 1. The van der Waals surface area contributed by atoms with Crippen molar-refractivity contribution < 1.29 is 4.79 Å². The quantitative estimate of drug-likeness (QED) is 0.728. The fourth-order valence-corrected chi connectivity index (χ4v) is 2.94. The van der Waals surface area contributed by atoms with Crippen LogP contribution in [-0.2, 0) is 4.79 Å². The molecule has 0 spiro atoms. The first kappa shape index (κ1) is 12.8. The van der Waals surface area contributed by atoms with Crippen molar-refractivity contribution in [3.63, 3.8) is 0 Å². The smallest absolute Gasteiger partial charge is 0.222 e. The van der Waals surface area contributed by atoms with E-state index in [1.165, 1.54) is 0 Å². The highest BCUT2D eigenvalue weighted by Gasteiger charge is 2.33. The van der Waals surface area contributed by atoms with E-state index >= 15 is 0 Å². The third-order valence-corrected chi connectivity index (χ3v) is 3.32. The summed E-state index contributed by atoms with van der Waals surface area (Å²) in [7, 11) is 0. The minimum atomic E-state index is 0.0591. The number of rotatable bonds is 2. The van der Waals surface area contributed by atoms with Crippen LogP contribution in [0.15, 0.2) is 0 Å². The van der Waals surface area contributed by atoms with Crippen molar-refractivity contribution in [2.75, 3.05) is 0 Å². The average Bonchev–Trinajstić information content (AvgIpc) is 1.99. The molecule has 0 radical (unpaired) electrons. The largest absolute Gasteiger partial charge is 0.353 e. The van der Waals surface area contributed by atoms with Crippen molar-refractivity contribution in [1.29, 1.82) is 0 Å². The molecule has 0 bridgehead atoms. The molecule has 2 unspecified atom stereocenters. The van der Waals surface area contributed by atoms with Crippen LogP contribution in [0, 0.1) is 11.3 Å². The van der Waals surface area contributed by atoms with Gasteiger partial charge in [0.25, 0.3) is 0 Å². The Morgan fingerprint density at radius 3 is 2.47 bits per heavy atom. The van der Waals surface area contributed by atoms with E-state index in [4.69, 9.17) is 11.6 Å². The van der Waals surface area contributed by atoms with Gasteiger partial charge >= 0.3 is 0 Å². The molecule has 0 aromatic heterocycles. The Bertz CT molecular complexity index is 238. The van der Waals surface area contributed by atoms with Crippen molar-refractivity contribution in [2.24, 2.45) is 11.3 Å². The Hall–Kier alpha value is -0.240. The van der Waals surface area contributed by atoms with Gasteiger partial charge < -0.3 is 5.32 Å². The zero-order chi connectivity index (χ0) is 11.6. The number of alkyl halides is 1. The summed E-state index contributed by atoms with van der Waals surface area (Å²) in [4.78, 5) is 11.6. The second-order valence-corrected chi connectivity index (χ2v) is 6.38. The highest BCUT2D eigenvalue weighted by molar-refractivity contribution is 6.20. The van der Waals surface area contributed by atoms with Crippen LogP contribution in [0.4, 0.5) is 0 Å². The molecular weight excluding hydrogens is 210 g/mol. The van der Waals surface area contributed by atoms with E-state index in [0.29, 0.717) is 0 Å². The van der Waals surface area contributed by atoms with E-state index in [0.717, 1.165) is 19.3 Å². The predicted octanol–water partition coefficient (Wildman–Crippen LogP) is 2.94. The third kappa shape index (κ3) is 4.02. The van der Waals surface area contributed by atoms with E-state index in [9.17, 15) is 4.79 Å². The second kappa shape index (κ2) is 4.73. The van der Waals surface area contributed by atoms with E-state index in [2.05, 4.69) is 19.2 Å². The molecule has 2 atom stereocenters. The van der Waals surface area contributed by atoms with Gasteiger partial charge in [-0.05, 0) is 24.7 Å². The maximum Gasteiger partial charge on any atom is 0.222 e. The summed E-state index contributed by atoms with van der Waals surface area (Å²) in [6.45, 7) is 8.27. The summed E-state index contributed by atoms with van der Waals surface area (Å²) in [6, 6.07) is 0.256. The lowest BCUT2D eigenvalue weighted by atomic mass is 9.75. The molecule has 0 saturated heterocycles. The second-order valence-electron chi connectivity index (χ2n) is 5.77. The minimum absolute atomic E-state index is 0.0591. The Balaban J connectivity index is 2.52. The standard InChI is InChI=1S/C12H22ClNO/c1-8(2)11(15)14-10-5-9(13)6-12(3,4)7-10/h8-10H,5-7H2,1-4H3,(H,14,15). The lowest BCUT2D eigenvalue weighted by molar-refractivity contribution is -0.125. The van der Waals surface area contributed by atoms with Gasteiger partial charge in [-0.15, -0.1) is 11.6 Å². The summed E-state index contributed by atoms with van der Waals surface area (Å²) in [5.74, 6) is 0.199. The monoisotopic (exact) mass is 231 g/mol. The first-order chi connectivity index (χ1) is 6.80. The molecule has 0 aliphatic heterocycles. The number of amides is 1. The van der Waals surface area contributed by atoms with Crippen molar-refractivity contribution >= 4 is 17.5 Å². The lowest BCUT2D eigenvalue weighted by Gasteiger charge is -2.38. The Morgan fingerprint density at radius 2 is 2.00 bits per heavy atom. The van der Waals surface area contributed by atoms with Gasteiger partial charge in [-0.3, -0.25) is 4.79 Å². The molecule has 1 saturated carbocycles. The molecule has 1 rings (SSSR count). The Morgan fingerprint density at radius 1 is 1.40 bits per heavy atom. The van der Waals surface area contributed by atoms with Crippen LogP contribution in [-0.4, -0.2) is 17.3 Å². The maximum atomic E-state index is 11.6. The molecule has 1 aliphatic carbocycles. The fourth-order valence-electron chi connectivity index (χ4n) is 2.30. The molecule has 88 valence electrons. The third-order valence-electron chi connectivity index (χ3n) is 2.98. The molecule has 1 amide bonds. The summed E-state index contributed by atoms with van der Waals surface area (Å²) in [5.41, 5.74) is 0.250. The zero-order valence-electron chi connectivity index (χ0n) is 10.1. The summed E-state index contributed by atoms with van der Waals surface area (Å²) in [5, 5.41) is 3.28. The number of hydrogen-bond donors (Lipinski definition) is 1. The van der Waals surface area contributed by atoms with Crippen molar-refractivity contribution in [2.45, 2.75) is 58.4 Å². The molecule has 0 aromatic rings. The molecule has 3 heteroatoms. The van der Waals surface area contributed by atoms with Gasteiger partial charge in [0.05, 0.1) is 0 Å². The van der Waals surface area contributed by atoms with Gasteiger partial charge in [-0.1, -0.05) is 27.7 Å². The molecule has 1 N–H and O–H groups in total. The van der Waals surface area contributed by atoms with E-state index in [-0.39, 0.29) is 28.7 Å². The van der Waals surface area contributed by atoms with Crippen LogP contribution in [0.2, 0.25) is 0 Å². The van der Waals surface area contributed by atoms with Gasteiger partial charge in [0, 0.05) is 17.3 Å². The van der Waals surface area contributed by atoms with Crippen LogP contribution in [0.1, 0.15) is 47.0 Å². The van der Waals surface area contributed by atoms with E-state index in [1.54, 1.807) is 0 Å². The van der Waals surface area contributed by atoms with Gasteiger partial charge in [-0.25, -0.2) is 0 Å². The molecule has 15 heavy (non-hydrogen) atoms. The fraction of sp³-hybridized carbons (Fsp3) is 0.917. The maximum absolute atomic E-state index is 11.6. The number of nitrogens with one attached hydrogen (secondary N) is 1. The Labute approximate surface area is 97.8 Å². The highest BCUT2D eigenvalue weighted by Crippen LogP contribution is 2.37. The van der Waals surface area contributed by atoms with E-state index in [1.807, 2.05) is 13.8 Å². The lowest BCUT2D eigenvalue weighted by Crippen LogP contribution is -2.45. The SMILES string of the molecule is CC(C)C(=O)NC1CC(Cl)CC(C)(C)C1.